The predicted octanol–water partition coefficient (Wildman–Crippen LogP) is 6.91. The average molecular weight is 667 g/mol. The Kier molecular flexibility index (Phi) is 11.7. The van der Waals surface area contributed by atoms with E-state index < -0.39 is 28.5 Å². The third-order valence-electron chi connectivity index (χ3n) is 7.22. The number of carbonyl (C=O) groups excluding carboxylic acids is 2. The number of halogens is 2. The molecule has 0 unspecified atom stereocenters. The van der Waals surface area contributed by atoms with Crippen molar-refractivity contribution in [2.24, 2.45) is 5.92 Å². The van der Waals surface area contributed by atoms with E-state index in [0.29, 0.717) is 6.54 Å². The highest BCUT2D eigenvalue weighted by Crippen LogP contribution is 2.33. The summed E-state index contributed by atoms with van der Waals surface area (Å²) in [7, 11) is -4.30. The van der Waals surface area contributed by atoms with Crippen molar-refractivity contribution in [1.82, 2.24) is 10.2 Å². The van der Waals surface area contributed by atoms with Crippen LogP contribution in [-0.4, -0.2) is 44.3 Å². The van der Waals surface area contributed by atoms with Crippen molar-refractivity contribution in [3.8, 4) is 0 Å². The highest BCUT2D eigenvalue weighted by molar-refractivity contribution is 7.92. The summed E-state index contributed by atoms with van der Waals surface area (Å²) in [6.07, 6.45) is 0.228. The van der Waals surface area contributed by atoms with Crippen LogP contribution in [0.4, 0.5) is 5.69 Å². The van der Waals surface area contributed by atoms with Gasteiger partial charge in [0.1, 0.15) is 12.6 Å². The van der Waals surface area contributed by atoms with Gasteiger partial charge >= 0.3 is 0 Å². The Balaban J connectivity index is 1.81. The Hall–Kier alpha value is -3.85. The summed E-state index contributed by atoms with van der Waals surface area (Å²) in [4.78, 5) is 29.8. The van der Waals surface area contributed by atoms with Crippen molar-refractivity contribution in [3.63, 3.8) is 0 Å². The summed E-state index contributed by atoms with van der Waals surface area (Å²) >= 11 is 12.8. The summed E-state index contributed by atoms with van der Waals surface area (Å²) in [5.74, 6) is -0.721. The first-order valence-corrected chi connectivity index (χ1v) is 16.8. The van der Waals surface area contributed by atoms with Gasteiger partial charge in [-0.2, -0.15) is 0 Å². The molecule has 0 bridgehead atoms. The van der Waals surface area contributed by atoms with E-state index in [-0.39, 0.29) is 45.4 Å². The number of hydrogen-bond donors (Lipinski definition) is 1. The molecule has 4 aromatic rings. The molecule has 0 aliphatic rings. The van der Waals surface area contributed by atoms with Crippen molar-refractivity contribution >= 4 is 50.7 Å². The Morgan fingerprint density at radius 1 is 0.822 bits per heavy atom. The lowest BCUT2D eigenvalue weighted by Gasteiger charge is -2.34. The zero-order valence-electron chi connectivity index (χ0n) is 25.5. The molecule has 4 rings (SSSR count). The van der Waals surface area contributed by atoms with Crippen molar-refractivity contribution in [2.75, 3.05) is 17.4 Å². The standard InChI is InChI=1S/C35H37Cl2N3O4S/c1-25(2)22-38-35(42)33(20-27-10-6-4-7-11-27)39(23-28-12-8-5-9-13-28)34(41)24-40(32-21-29(36)16-19-31(32)37)45(43,44)30-17-14-26(3)15-18-30/h4-19,21,25,33H,20,22-24H2,1-3H3,(H,38,42)/t33-/m0/s1. The molecule has 1 N–H and O–H groups in total. The molecule has 0 aliphatic heterocycles. The molecule has 7 nitrogen and oxygen atoms in total. The second kappa shape index (κ2) is 15.4. The fourth-order valence-electron chi connectivity index (χ4n) is 4.78. The number of carbonyl (C=O) groups is 2. The van der Waals surface area contributed by atoms with E-state index in [1.165, 1.54) is 29.2 Å². The molecule has 236 valence electrons. The first-order valence-electron chi connectivity index (χ1n) is 14.6. The van der Waals surface area contributed by atoms with Gasteiger partial charge in [-0.25, -0.2) is 8.42 Å². The number of hydrogen-bond acceptors (Lipinski definition) is 4. The van der Waals surface area contributed by atoms with Gasteiger partial charge in [-0.3, -0.25) is 13.9 Å². The third-order valence-corrected chi connectivity index (χ3v) is 9.54. The summed E-state index contributed by atoms with van der Waals surface area (Å²) in [5, 5.41) is 3.34. The smallest absolute Gasteiger partial charge is 0.264 e. The monoisotopic (exact) mass is 665 g/mol. The lowest BCUT2D eigenvalue weighted by Crippen LogP contribution is -2.53. The number of aryl methyl sites for hydroxylation is 1. The van der Waals surface area contributed by atoms with E-state index >= 15 is 0 Å². The highest BCUT2D eigenvalue weighted by atomic mass is 35.5. The lowest BCUT2D eigenvalue weighted by molar-refractivity contribution is -0.140. The van der Waals surface area contributed by atoms with Crippen molar-refractivity contribution in [1.29, 1.82) is 0 Å². The molecule has 0 aromatic heterocycles. The first kappa shape index (κ1) is 34.0. The molecule has 0 aliphatic carbocycles. The number of amides is 2. The van der Waals surface area contributed by atoms with Crippen LogP contribution in [0.2, 0.25) is 10.0 Å². The summed E-state index contributed by atoms with van der Waals surface area (Å²) in [6.45, 7) is 5.71. The summed E-state index contributed by atoms with van der Waals surface area (Å²) in [5.41, 5.74) is 2.58. The predicted molar refractivity (Wildman–Crippen MR) is 181 cm³/mol. The van der Waals surface area contributed by atoms with Crippen molar-refractivity contribution in [3.05, 3.63) is 130 Å². The second-order valence-electron chi connectivity index (χ2n) is 11.3. The minimum absolute atomic E-state index is 0.0120. The molecule has 45 heavy (non-hydrogen) atoms. The minimum Gasteiger partial charge on any atom is -0.354 e. The molecule has 10 heteroatoms. The van der Waals surface area contributed by atoms with Gasteiger partial charge in [0, 0.05) is 24.5 Å². The van der Waals surface area contributed by atoms with Crippen LogP contribution in [0.3, 0.4) is 0 Å². The fraction of sp³-hybridized carbons (Fsp3) is 0.257. The number of anilines is 1. The maximum Gasteiger partial charge on any atom is 0.264 e. The quantitative estimate of drug-likeness (QED) is 0.168. The maximum atomic E-state index is 14.5. The van der Waals surface area contributed by atoms with Crippen LogP contribution in [0, 0.1) is 12.8 Å². The number of sulfonamides is 1. The van der Waals surface area contributed by atoms with Gasteiger partial charge in [0.15, 0.2) is 0 Å². The molecule has 4 aromatic carbocycles. The summed E-state index contributed by atoms with van der Waals surface area (Å²) in [6, 6.07) is 28.6. The minimum atomic E-state index is -4.30. The van der Waals surface area contributed by atoms with Gasteiger partial charge in [-0.1, -0.05) is 115 Å². The zero-order chi connectivity index (χ0) is 32.6. The molecular formula is C35H37Cl2N3O4S. The third kappa shape index (κ3) is 9.10. The van der Waals surface area contributed by atoms with E-state index in [0.717, 1.165) is 21.0 Å². The molecule has 0 heterocycles. The molecule has 0 spiro atoms. The largest absolute Gasteiger partial charge is 0.354 e. The average Bonchev–Trinajstić information content (AvgIpc) is 3.02. The summed E-state index contributed by atoms with van der Waals surface area (Å²) < 4.78 is 29.3. The van der Waals surface area contributed by atoms with Crippen molar-refractivity contribution < 1.29 is 18.0 Å². The Labute approximate surface area is 275 Å². The molecule has 0 saturated heterocycles. The fourth-order valence-corrected chi connectivity index (χ4v) is 6.65. The van der Waals surface area contributed by atoms with Crippen LogP contribution < -0.4 is 9.62 Å². The van der Waals surface area contributed by atoms with Crippen LogP contribution in [0.1, 0.15) is 30.5 Å². The molecule has 1 atom stereocenters. The normalized spacial score (nSPS) is 12.0. The topological polar surface area (TPSA) is 86.8 Å². The van der Waals surface area contributed by atoms with Crippen molar-refractivity contribution in [2.45, 2.75) is 44.7 Å². The Morgan fingerprint density at radius 3 is 2.02 bits per heavy atom. The number of nitrogens with zero attached hydrogens (tertiary/aromatic N) is 2. The van der Waals surface area contributed by atoms with Crippen LogP contribution >= 0.6 is 23.2 Å². The highest BCUT2D eigenvalue weighted by Gasteiger charge is 2.35. The molecule has 2 amide bonds. The van der Waals surface area contributed by atoms with Gasteiger partial charge in [-0.05, 0) is 54.3 Å². The van der Waals surface area contributed by atoms with E-state index in [2.05, 4.69) is 5.32 Å². The SMILES string of the molecule is Cc1ccc(S(=O)(=O)N(CC(=O)N(Cc2ccccc2)[C@@H](Cc2ccccc2)C(=O)NCC(C)C)c2cc(Cl)ccc2Cl)cc1. The van der Waals surface area contributed by atoms with Gasteiger partial charge in [-0.15, -0.1) is 0 Å². The van der Waals surface area contributed by atoms with E-state index in [1.807, 2.05) is 81.4 Å². The van der Waals surface area contributed by atoms with Crippen LogP contribution in [0.5, 0.6) is 0 Å². The zero-order valence-corrected chi connectivity index (χ0v) is 27.8. The van der Waals surface area contributed by atoms with E-state index in [4.69, 9.17) is 23.2 Å². The molecular weight excluding hydrogens is 629 g/mol. The van der Waals surface area contributed by atoms with Gasteiger partial charge in [0.2, 0.25) is 11.8 Å². The molecule has 0 radical (unpaired) electrons. The van der Waals surface area contributed by atoms with Gasteiger partial charge < -0.3 is 10.2 Å². The number of nitrogens with one attached hydrogen (secondary N) is 1. The number of rotatable bonds is 13. The van der Waals surface area contributed by atoms with E-state index in [1.54, 1.807) is 18.2 Å². The first-order chi connectivity index (χ1) is 21.5. The Bertz CT molecular complexity index is 1700. The maximum absolute atomic E-state index is 14.5. The van der Waals surface area contributed by atoms with Crippen LogP contribution in [0.25, 0.3) is 0 Å². The Morgan fingerprint density at radius 2 is 1.42 bits per heavy atom. The molecule has 0 saturated carbocycles. The van der Waals surface area contributed by atoms with Crippen LogP contribution in [0.15, 0.2) is 108 Å². The van der Waals surface area contributed by atoms with Gasteiger partial charge in [0.05, 0.1) is 15.6 Å². The lowest BCUT2D eigenvalue weighted by atomic mass is 10.0. The van der Waals surface area contributed by atoms with E-state index in [9.17, 15) is 18.0 Å². The second-order valence-corrected chi connectivity index (χ2v) is 14.0. The van der Waals surface area contributed by atoms with Crippen LogP contribution in [-0.2, 0) is 32.6 Å². The number of benzene rings is 4. The molecule has 0 fully saturated rings. The van der Waals surface area contributed by atoms with Gasteiger partial charge in [0.25, 0.3) is 10.0 Å².